The van der Waals surface area contributed by atoms with Gasteiger partial charge in [0.15, 0.2) is 17.5 Å². The molecule has 3 aromatic rings. The molecule has 1 amide bonds. The van der Waals surface area contributed by atoms with Gasteiger partial charge in [-0.05, 0) is 36.4 Å². The molecule has 0 fully saturated rings. The zero-order valence-corrected chi connectivity index (χ0v) is 15.7. The summed E-state index contributed by atoms with van der Waals surface area (Å²) in [4.78, 5) is 15.9. The molecule has 1 aromatic heterocycles. The van der Waals surface area contributed by atoms with Crippen molar-refractivity contribution < 1.29 is 31.1 Å². The summed E-state index contributed by atoms with van der Waals surface area (Å²) in [5.41, 5.74) is -1.55. The minimum atomic E-state index is -4.71. The van der Waals surface area contributed by atoms with Crippen molar-refractivity contribution in [2.45, 2.75) is 6.18 Å². The Labute approximate surface area is 174 Å². The molecule has 31 heavy (non-hydrogen) atoms. The van der Waals surface area contributed by atoms with Crippen molar-refractivity contribution >= 4 is 35.0 Å². The number of rotatable bonds is 3. The van der Waals surface area contributed by atoms with Crippen molar-refractivity contribution in [3.05, 3.63) is 76.2 Å². The van der Waals surface area contributed by atoms with E-state index in [-0.39, 0.29) is 22.1 Å². The minimum Gasteiger partial charge on any atom is -0.325 e. The molecule has 0 aliphatic heterocycles. The summed E-state index contributed by atoms with van der Waals surface area (Å²) in [5.74, 6) is -5.20. The molecule has 3 rings (SSSR count). The Balaban J connectivity index is 1.94. The lowest BCUT2D eigenvalue weighted by Crippen LogP contribution is -2.24. The van der Waals surface area contributed by atoms with Gasteiger partial charge in [0.05, 0.1) is 0 Å². The third-order valence-electron chi connectivity index (χ3n) is 3.63. The number of carbonyl (C=O) groups excluding carboxylic acids is 1. The number of amides is 1. The van der Waals surface area contributed by atoms with E-state index in [1.54, 1.807) is 5.10 Å². The zero-order valence-electron chi connectivity index (χ0n) is 15.0. The van der Waals surface area contributed by atoms with Gasteiger partial charge in [-0.3, -0.25) is 9.89 Å². The monoisotopic (exact) mass is 461 g/mol. The number of nitrogens with one attached hydrogen (secondary N) is 3. The topological polar surface area (TPSA) is 82.2 Å². The molecule has 3 N–H and O–H groups in total. The van der Waals surface area contributed by atoms with Crippen LogP contribution in [-0.2, 0) is 6.18 Å². The molecule has 0 radical (unpaired) electrons. The predicted octanol–water partition coefficient (Wildman–Crippen LogP) is 5.22. The number of aromatic amines is 1. The van der Waals surface area contributed by atoms with Crippen LogP contribution < -0.4 is 10.6 Å². The number of aromatic nitrogens is 2. The molecule has 0 saturated carbocycles. The first-order valence-electron chi connectivity index (χ1n) is 8.22. The molecule has 13 heteroatoms. The Kier molecular flexibility index (Phi) is 6.20. The minimum absolute atomic E-state index is 0.0130. The highest BCUT2D eigenvalue weighted by atomic mass is 35.5. The van der Waals surface area contributed by atoms with Crippen molar-refractivity contribution in [3.8, 4) is 0 Å². The molecule has 6 nitrogen and oxygen atoms in total. The fourth-order valence-corrected chi connectivity index (χ4v) is 2.52. The van der Waals surface area contributed by atoms with Gasteiger partial charge in [0.2, 0.25) is 5.96 Å². The number of H-pyrrole nitrogens is 1. The van der Waals surface area contributed by atoms with E-state index in [1.807, 2.05) is 0 Å². The van der Waals surface area contributed by atoms with Gasteiger partial charge in [-0.2, -0.15) is 23.3 Å². The van der Waals surface area contributed by atoms with E-state index in [1.165, 1.54) is 6.07 Å². The summed E-state index contributed by atoms with van der Waals surface area (Å²) in [7, 11) is 0. The van der Waals surface area contributed by atoms with Crippen LogP contribution in [-0.4, -0.2) is 22.1 Å². The molecule has 0 aliphatic rings. The lowest BCUT2D eigenvalue weighted by Gasteiger charge is -2.11. The van der Waals surface area contributed by atoms with Gasteiger partial charge in [0.1, 0.15) is 11.5 Å². The molecule has 2 aromatic carbocycles. The molecule has 0 saturated heterocycles. The lowest BCUT2D eigenvalue weighted by molar-refractivity contribution is -0.141. The summed E-state index contributed by atoms with van der Waals surface area (Å²) in [6, 6.07) is 6.05. The maximum atomic E-state index is 13.6. The van der Waals surface area contributed by atoms with Crippen molar-refractivity contribution in [3.63, 3.8) is 0 Å². The highest BCUT2D eigenvalue weighted by Crippen LogP contribution is 2.28. The average molecular weight is 462 g/mol. The lowest BCUT2D eigenvalue weighted by atomic mass is 10.2. The summed E-state index contributed by atoms with van der Waals surface area (Å²) in [6.07, 6.45) is -4.71. The van der Waals surface area contributed by atoms with Crippen molar-refractivity contribution in [1.82, 2.24) is 10.2 Å². The van der Waals surface area contributed by atoms with E-state index in [0.717, 1.165) is 18.2 Å². The highest BCUT2D eigenvalue weighted by molar-refractivity contribution is 6.31. The maximum absolute atomic E-state index is 13.6. The van der Waals surface area contributed by atoms with Gasteiger partial charge in [-0.15, -0.1) is 0 Å². The van der Waals surface area contributed by atoms with Crippen LogP contribution in [0.2, 0.25) is 5.02 Å². The molecule has 0 spiro atoms. The van der Waals surface area contributed by atoms with Crippen LogP contribution in [0, 0.1) is 17.5 Å². The van der Waals surface area contributed by atoms with Crippen LogP contribution in [0.15, 0.2) is 47.5 Å². The van der Waals surface area contributed by atoms with Gasteiger partial charge in [-0.25, -0.2) is 13.2 Å². The van der Waals surface area contributed by atoms with E-state index in [2.05, 4.69) is 20.7 Å². The Bertz CT molecular complexity index is 1140. The van der Waals surface area contributed by atoms with Gasteiger partial charge in [0.25, 0.3) is 5.91 Å². The van der Waals surface area contributed by atoms with Gasteiger partial charge >= 0.3 is 6.18 Å². The Hall–Kier alpha value is -3.54. The van der Waals surface area contributed by atoms with E-state index in [0.29, 0.717) is 18.2 Å². The second-order valence-electron chi connectivity index (χ2n) is 5.97. The Morgan fingerprint density at radius 2 is 1.74 bits per heavy atom. The molecule has 0 bridgehead atoms. The SMILES string of the molecule is O=C(/N=C(/Nc1cc(F)cc(Cl)c1)Nc1cc(C(F)(F)F)[nH]n1)c1ccc(F)c(F)c1. The van der Waals surface area contributed by atoms with Crippen LogP contribution >= 0.6 is 11.6 Å². The number of guanidine groups is 1. The Morgan fingerprint density at radius 3 is 2.35 bits per heavy atom. The van der Waals surface area contributed by atoms with Crippen LogP contribution in [0.4, 0.5) is 37.8 Å². The van der Waals surface area contributed by atoms with E-state index in [4.69, 9.17) is 11.6 Å². The summed E-state index contributed by atoms with van der Waals surface area (Å²) < 4.78 is 78.3. The smallest absolute Gasteiger partial charge is 0.325 e. The summed E-state index contributed by atoms with van der Waals surface area (Å²) in [5, 5.41) is 9.94. The predicted molar refractivity (Wildman–Crippen MR) is 100 cm³/mol. The van der Waals surface area contributed by atoms with E-state index >= 15 is 0 Å². The normalized spacial score (nSPS) is 12.0. The van der Waals surface area contributed by atoms with Gasteiger partial charge in [-0.1, -0.05) is 11.6 Å². The third-order valence-corrected chi connectivity index (χ3v) is 3.85. The molecular weight excluding hydrogens is 452 g/mol. The number of carbonyl (C=O) groups is 1. The first kappa shape index (κ1) is 22.2. The molecule has 1 heterocycles. The summed E-state index contributed by atoms with van der Waals surface area (Å²) >= 11 is 5.75. The maximum Gasteiger partial charge on any atom is 0.432 e. The van der Waals surface area contributed by atoms with Crippen molar-refractivity contribution in [2.75, 3.05) is 10.6 Å². The summed E-state index contributed by atoms with van der Waals surface area (Å²) in [6.45, 7) is 0. The zero-order chi connectivity index (χ0) is 22.8. The van der Waals surface area contributed by atoms with E-state index in [9.17, 15) is 31.1 Å². The van der Waals surface area contributed by atoms with Crippen LogP contribution in [0.25, 0.3) is 0 Å². The second kappa shape index (κ2) is 8.68. The first-order chi connectivity index (χ1) is 14.5. The number of benzene rings is 2. The number of hydrogen-bond acceptors (Lipinski definition) is 2. The molecule has 0 atom stereocenters. The average Bonchev–Trinajstić information content (AvgIpc) is 3.12. The molecule has 0 unspecified atom stereocenters. The fraction of sp³-hybridized carbons (Fsp3) is 0.0556. The second-order valence-corrected chi connectivity index (χ2v) is 6.40. The largest absolute Gasteiger partial charge is 0.432 e. The third kappa shape index (κ3) is 5.75. The van der Waals surface area contributed by atoms with Crippen LogP contribution in [0.5, 0.6) is 0 Å². The van der Waals surface area contributed by atoms with E-state index < -0.39 is 41.2 Å². The van der Waals surface area contributed by atoms with Gasteiger partial charge in [0, 0.05) is 22.3 Å². The molecular formula is C18H10ClF6N5O. The van der Waals surface area contributed by atoms with Crippen molar-refractivity contribution in [1.29, 1.82) is 0 Å². The number of anilines is 2. The van der Waals surface area contributed by atoms with Crippen LogP contribution in [0.3, 0.4) is 0 Å². The quantitative estimate of drug-likeness (QED) is 0.284. The number of hydrogen-bond donors (Lipinski definition) is 3. The van der Waals surface area contributed by atoms with Crippen molar-refractivity contribution in [2.24, 2.45) is 4.99 Å². The highest BCUT2D eigenvalue weighted by Gasteiger charge is 2.33. The number of aliphatic imine (C=N–C) groups is 1. The fourth-order valence-electron chi connectivity index (χ4n) is 2.30. The Morgan fingerprint density at radius 1 is 1.00 bits per heavy atom. The first-order valence-corrected chi connectivity index (χ1v) is 8.60. The molecule has 0 aliphatic carbocycles. The number of alkyl halides is 3. The number of nitrogens with zero attached hydrogens (tertiary/aromatic N) is 2. The van der Waals surface area contributed by atoms with Gasteiger partial charge < -0.3 is 10.6 Å². The number of halogens is 7. The molecule has 162 valence electrons. The standard InChI is InChI=1S/C18H10ClF6N5O/c19-9-4-10(20)6-11(5-9)26-17(27-15-7-14(29-30-15)18(23,24)25)28-16(31)8-1-2-12(21)13(22)3-8/h1-7H,(H3,26,27,28,29,30,31). The van der Waals surface area contributed by atoms with Crippen LogP contribution in [0.1, 0.15) is 16.1 Å².